The number of aryl methyl sites for hydroxylation is 1. The van der Waals surface area contributed by atoms with Crippen LogP contribution in [0, 0.1) is 5.92 Å². The van der Waals surface area contributed by atoms with E-state index >= 15 is 0 Å². The van der Waals surface area contributed by atoms with E-state index in [0.717, 1.165) is 76.7 Å². The number of ether oxygens (including phenoxy) is 1. The van der Waals surface area contributed by atoms with Gasteiger partial charge in [-0.05, 0) is 74.7 Å². The summed E-state index contributed by atoms with van der Waals surface area (Å²) in [5.74, 6) is 0.426. The van der Waals surface area contributed by atoms with Crippen LogP contribution in [0.25, 0.3) is 0 Å². The fraction of sp³-hybridized carbons (Fsp3) is 0.533. The molecule has 0 saturated carbocycles. The van der Waals surface area contributed by atoms with Crippen molar-refractivity contribution in [2.45, 2.75) is 63.6 Å². The molecule has 0 bridgehead atoms. The van der Waals surface area contributed by atoms with E-state index in [4.69, 9.17) is 4.74 Å². The molecule has 2 amide bonds. The van der Waals surface area contributed by atoms with Crippen LogP contribution < -0.4 is 5.32 Å². The Hall–Kier alpha value is -2.70. The SMILES string of the molecule is O=C(NC1CCCc2ccccc21)C1CCN(C2CCN(C(=O)COCc3ccccc3)CC2)CC1. The van der Waals surface area contributed by atoms with Crippen molar-refractivity contribution in [3.8, 4) is 0 Å². The molecule has 1 atom stereocenters. The smallest absolute Gasteiger partial charge is 0.248 e. The molecule has 1 N–H and O–H groups in total. The predicted octanol–water partition coefficient (Wildman–Crippen LogP) is 4.10. The number of carbonyl (C=O) groups excluding carboxylic acids is 2. The highest BCUT2D eigenvalue weighted by atomic mass is 16.5. The topological polar surface area (TPSA) is 61.9 Å². The van der Waals surface area contributed by atoms with Crippen molar-refractivity contribution >= 4 is 11.8 Å². The summed E-state index contributed by atoms with van der Waals surface area (Å²) < 4.78 is 5.65. The minimum atomic E-state index is 0.0871. The molecule has 6 nitrogen and oxygen atoms in total. The van der Waals surface area contributed by atoms with Crippen LogP contribution in [0.15, 0.2) is 54.6 Å². The quantitative estimate of drug-likeness (QED) is 0.636. The van der Waals surface area contributed by atoms with Crippen LogP contribution in [0.1, 0.15) is 61.3 Å². The maximum atomic E-state index is 13.1. The van der Waals surface area contributed by atoms with Gasteiger partial charge in [-0.15, -0.1) is 0 Å². The third kappa shape index (κ3) is 6.16. The second kappa shape index (κ2) is 12.0. The van der Waals surface area contributed by atoms with Crippen molar-refractivity contribution in [2.75, 3.05) is 32.8 Å². The standard InChI is InChI=1S/C30H39N3O3/c34-29(22-36-21-23-7-2-1-3-8-23)33-19-15-26(16-20-33)32-17-13-25(14-18-32)30(35)31-28-12-6-10-24-9-4-5-11-27(24)28/h1-5,7-9,11,25-26,28H,6,10,12-22H2,(H,31,35). The number of amides is 2. The molecule has 2 aliphatic heterocycles. The zero-order chi connectivity index (χ0) is 24.7. The summed E-state index contributed by atoms with van der Waals surface area (Å²) in [5, 5.41) is 3.37. The van der Waals surface area contributed by atoms with Gasteiger partial charge in [0.05, 0.1) is 12.6 Å². The molecule has 2 heterocycles. The van der Waals surface area contributed by atoms with E-state index < -0.39 is 0 Å². The van der Waals surface area contributed by atoms with Crippen LogP contribution in [0.4, 0.5) is 0 Å². The molecule has 0 spiro atoms. The van der Waals surface area contributed by atoms with Crippen LogP contribution in [-0.4, -0.2) is 60.4 Å². The molecule has 192 valence electrons. The summed E-state index contributed by atoms with van der Waals surface area (Å²) in [4.78, 5) is 30.1. The van der Waals surface area contributed by atoms with Crippen molar-refractivity contribution in [1.82, 2.24) is 15.1 Å². The van der Waals surface area contributed by atoms with Gasteiger partial charge in [-0.1, -0.05) is 54.6 Å². The van der Waals surface area contributed by atoms with Crippen molar-refractivity contribution in [3.05, 3.63) is 71.3 Å². The van der Waals surface area contributed by atoms with Crippen molar-refractivity contribution < 1.29 is 14.3 Å². The summed E-state index contributed by atoms with van der Waals surface area (Å²) >= 11 is 0. The van der Waals surface area contributed by atoms with Gasteiger partial charge < -0.3 is 19.9 Å². The second-order valence-electron chi connectivity index (χ2n) is 10.6. The van der Waals surface area contributed by atoms with E-state index in [2.05, 4.69) is 34.5 Å². The molecular formula is C30H39N3O3. The molecule has 3 aliphatic rings. The first-order chi connectivity index (χ1) is 17.7. The van der Waals surface area contributed by atoms with Gasteiger partial charge in [-0.25, -0.2) is 0 Å². The second-order valence-corrected chi connectivity index (χ2v) is 10.6. The molecule has 1 aliphatic carbocycles. The lowest BCUT2D eigenvalue weighted by Crippen LogP contribution is -2.50. The Morgan fingerprint density at radius 1 is 0.861 bits per heavy atom. The highest BCUT2D eigenvalue weighted by Crippen LogP contribution is 2.31. The maximum Gasteiger partial charge on any atom is 0.248 e. The minimum absolute atomic E-state index is 0.0871. The number of benzene rings is 2. The van der Waals surface area contributed by atoms with Gasteiger partial charge in [0.15, 0.2) is 0 Å². The summed E-state index contributed by atoms with van der Waals surface area (Å²) in [6.07, 6.45) is 7.14. The molecule has 36 heavy (non-hydrogen) atoms. The highest BCUT2D eigenvalue weighted by Gasteiger charge is 2.32. The third-order valence-electron chi connectivity index (χ3n) is 8.26. The number of likely N-dealkylation sites (tertiary alicyclic amines) is 2. The number of nitrogens with one attached hydrogen (secondary N) is 1. The molecule has 1 unspecified atom stereocenters. The lowest BCUT2D eigenvalue weighted by molar-refractivity contribution is -0.138. The molecule has 2 fully saturated rings. The van der Waals surface area contributed by atoms with Gasteiger partial charge in [-0.2, -0.15) is 0 Å². The van der Waals surface area contributed by atoms with E-state index in [1.165, 1.54) is 11.1 Å². The first-order valence-electron chi connectivity index (χ1n) is 13.7. The number of carbonyl (C=O) groups is 2. The van der Waals surface area contributed by atoms with Gasteiger partial charge in [-0.3, -0.25) is 9.59 Å². The first kappa shape index (κ1) is 25.0. The zero-order valence-electron chi connectivity index (χ0n) is 21.2. The Bertz CT molecular complexity index is 1010. The van der Waals surface area contributed by atoms with Crippen molar-refractivity contribution in [2.24, 2.45) is 5.92 Å². The average Bonchev–Trinajstić information content (AvgIpc) is 2.94. The van der Waals surface area contributed by atoms with E-state index in [1.54, 1.807) is 0 Å². The van der Waals surface area contributed by atoms with Gasteiger partial charge in [0.1, 0.15) is 6.61 Å². The van der Waals surface area contributed by atoms with Crippen LogP contribution in [0.2, 0.25) is 0 Å². The van der Waals surface area contributed by atoms with Crippen molar-refractivity contribution in [3.63, 3.8) is 0 Å². The van der Waals surface area contributed by atoms with Crippen LogP contribution in [-0.2, 0) is 27.4 Å². The van der Waals surface area contributed by atoms with Crippen LogP contribution >= 0.6 is 0 Å². The van der Waals surface area contributed by atoms with Gasteiger partial charge in [0.25, 0.3) is 0 Å². The molecule has 6 heteroatoms. The lowest BCUT2D eigenvalue weighted by Gasteiger charge is -2.41. The van der Waals surface area contributed by atoms with E-state index in [1.807, 2.05) is 35.2 Å². The number of hydrogen-bond donors (Lipinski definition) is 1. The summed E-state index contributed by atoms with van der Waals surface area (Å²) in [6, 6.07) is 19.2. The average molecular weight is 490 g/mol. The van der Waals surface area contributed by atoms with E-state index in [9.17, 15) is 9.59 Å². The Labute approximate surface area is 215 Å². The minimum Gasteiger partial charge on any atom is -0.367 e. The first-order valence-corrected chi connectivity index (χ1v) is 13.7. The fourth-order valence-electron chi connectivity index (χ4n) is 6.12. The molecule has 2 aromatic rings. The number of hydrogen-bond acceptors (Lipinski definition) is 4. The van der Waals surface area contributed by atoms with Crippen LogP contribution in [0.5, 0.6) is 0 Å². The molecule has 0 radical (unpaired) electrons. The maximum absolute atomic E-state index is 13.1. The van der Waals surface area contributed by atoms with Gasteiger partial charge in [0.2, 0.25) is 11.8 Å². The van der Waals surface area contributed by atoms with Crippen molar-refractivity contribution in [1.29, 1.82) is 0 Å². The highest BCUT2D eigenvalue weighted by molar-refractivity contribution is 5.79. The predicted molar refractivity (Wildman–Crippen MR) is 140 cm³/mol. The summed E-state index contributed by atoms with van der Waals surface area (Å²) in [7, 11) is 0. The molecule has 5 rings (SSSR count). The van der Waals surface area contributed by atoms with Gasteiger partial charge in [0, 0.05) is 25.0 Å². The molecule has 2 saturated heterocycles. The number of fused-ring (bicyclic) bond motifs is 1. The number of rotatable bonds is 7. The summed E-state index contributed by atoms with van der Waals surface area (Å²) in [6.45, 7) is 4.14. The number of nitrogens with zero attached hydrogens (tertiary/aromatic N) is 2. The van der Waals surface area contributed by atoms with Crippen LogP contribution in [0.3, 0.4) is 0 Å². The zero-order valence-corrected chi connectivity index (χ0v) is 21.2. The molecule has 2 aromatic carbocycles. The Kier molecular flexibility index (Phi) is 8.34. The summed E-state index contributed by atoms with van der Waals surface area (Å²) in [5.41, 5.74) is 3.78. The lowest BCUT2D eigenvalue weighted by atomic mass is 9.86. The normalized spacial score (nSPS) is 21.7. The van der Waals surface area contributed by atoms with E-state index in [-0.39, 0.29) is 30.4 Å². The number of piperidine rings is 2. The largest absolute Gasteiger partial charge is 0.367 e. The van der Waals surface area contributed by atoms with E-state index in [0.29, 0.717) is 12.6 Å². The Balaban J connectivity index is 1.02. The molecule has 0 aromatic heterocycles. The molecular weight excluding hydrogens is 450 g/mol. The third-order valence-corrected chi connectivity index (χ3v) is 8.26. The monoisotopic (exact) mass is 489 g/mol. The fourth-order valence-corrected chi connectivity index (χ4v) is 6.12. The Morgan fingerprint density at radius 3 is 2.36 bits per heavy atom. The van der Waals surface area contributed by atoms with Gasteiger partial charge >= 0.3 is 0 Å². The Morgan fingerprint density at radius 2 is 1.58 bits per heavy atom.